The van der Waals surface area contributed by atoms with Crippen molar-refractivity contribution in [3.63, 3.8) is 0 Å². The zero-order valence-electron chi connectivity index (χ0n) is 12.1. The van der Waals surface area contributed by atoms with Crippen LogP contribution in [-0.4, -0.2) is 25.7 Å². The lowest BCUT2D eigenvalue weighted by atomic mass is 10.1. The van der Waals surface area contributed by atoms with Gasteiger partial charge in [-0.15, -0.1) is 0 Å². The van der Waals surface area contributed by atoms with Crippen molar-refractivity contribution in [2.45, 2.75) is 13.3 Å². The first kappa shape index (κ1) is 14.9. The van der Waals surface area contributed by atoms with E-state index in [2.05, 4.69) is 38.9 Å². The summed E-state index contributed by atoms with van der Waals surface area (Å²) in [5.74, 6) is 1.93. The van der Waals surface area contributed by atoms with E-state index in [1.807, 2.05) is 37.3 Å². The molecule has 0 saturated carbocycles. The van der Waals surface area contributed by atoms with Crippen LogP contribution in [0, 0.1) is 6.92 Å². The lowest BCUT2D eigenvalue weighted by Gasteiger charge is -2.19. The van der Waals surface area contributed by atoms with Gasteiger partial charge in [0.25, 0.3) is 0 Å². The first-order valence-electron chi connectivity index (χ1n) is 6.58. The lowest BCUT2D eigenvalue weighted by Crippen LogP contribution is -2.21. The second-order valence-electron chi connectivity index (χ2n) is 4.72. The standard InChI is InChI=1S/C16H19BrN2O/c1-12-14(17)8-9-16(18-12)19(2)11-10-13-6-4-5-7-15(13)20-3/h4-9H,10-11H2,1-3H3. The Bertz CT molecular complexity index is 586. The minimum Gasteiger partial charge on any atom is -0.496 e. The normalized spacial score (nSPS) is 10.4. The van der Waals surface area contributed by atoms with Crippen LogP contribution in [0.3, 0.4) is 0 Å². The van der Waals surface area contributed by atoms with Crippen molar-refractivity contribution < 1.29 is 4.74 Å². The molecule has 0 N–H and O–H groups in total. The van der Waals surface area contributed by atoms with E-state index in [-0.39, 0.29) is 0 Å². The van der Waals surface area contributed by atoms with Crippen LogP contribution < -0.4 is 9.64 Å². The number of nitrogens with zero attached hydrogens (tertiary/aromatic N) is 2. The van der Waals surface area contributed by atoms with Crippen molar-refractivity contribution in [1.82, 2.24) is 4.98 Å². The summed E-state index contributed by atoms with van der Waals surface area (Å²) in [5.41, 5.74) is 2.22. The largest absolute Gasteiger partial charge is 0.496 e. The van der Waals surface area contributed by atoms with Crippen LogP contribution in [0.1, 0.15) is 11.3 Å². The van der Waals surface area contributed by atoms with Gasteiger partial charge in [0, 0.05) is 18.1 Å². The van der Waals surface area contributed by atoms with Gasteiger partial charge >= 0.3 is 0 Å². The summed E-state index contributed by atoms with van der Waals surface area (Å²) < 4.78 is 6.42. The molecule has 2 rings (SSSR count). The van der Waals surface area contributed by atoms with Crippen LogP contribution in [-0.2, 0) is 6.42 Å². The van der Waals surface area contributed by atoms with Gasteiger partial charge in [0.15, 0.2) is 0 Å². The summed E-state index contributed by atoms with van der Waals surface area (Å²) in [6.45, 7) is 2.90. The number of ether oxygens (including phenoxy) is 1. The van der Waals surface area contributed by atoms with Crippen molar-refractivity contribution in [3.05, 3.63) is 52.1 Å². The topological polar surface area (TPSA) is 25.4 Å². The predicted octanol–water partition coefficient (Wildman–Crippen LogP) is 3.84. The number of benzene rings is 1. The number of hydrogen-bond acceptors (Lipinski definition) is 3. The smallest absolute Gasteiger partial charge is 0.128 e. The fraction of sp³-hybridized carbons (Fsp3) is 0.312. The van der Waals surface area contributed by atoms with Crippen LogP contribution in [0.4, 0.5) is 5.82 Å². The highest BCUT2D eigenvalue weighted by Gasteiger charge is 2.07. The average Bonchev–Trinajstić information content (AvgIpc) is 2.47. The number of hydrogen-bond donors (Lipinski definition) is 0. The molecule has 0 aliphatic heterocycles. The van der Waals surface area contributed by atoms with Crippen molar-refractivity contribution in [2.75, 3.05) is 25.6 Å². The third kappa shape index (κ3) is 3.51. The predicted molar refractivity (Wildman–Crippen MR) is 86.6 cm³/mol. The summed E-state index contributed by atoms with van der Waals surface area (Å²) in [4.78, 5) is 6.73. The van der Waals surface area contributed by atoms with Gasteiger partial charge in [-0.05, 0) is 53.0 Å². The molecule has 106 valence electrons. The van der Waals surface area contributed by atoms with Crippen LogP contribution in [0.15, 0.2) is 40.9 Å². The van der Waals surface area contributed by atoms with E-state index in [1.54, 1.807) is 7.11 Å². The fourth-order valence-electron chi connectivity index (χ4n) is 2.06. The van der Waals surface area contributed by atoms with Crippen LogP contribution in [0.25, 0.3) is 0 Å². The molecule has 0 spiro atoms. The highest BCUT2D eigenvalue weighted by atomic mass is 79.9. The van der Waals surface area contributed by atoms with Crippen molar-refractivity contribution in [1.29, 1.82) is 0 Å². The summed E-state index contributed by atoms with van der Waals surface area (Å²) in [5, 5.41) is 0. The molecule has 0 radical (unpaired) electrons. The lowest BCUT2D eigenvalue weighted by molar-refractivity contribution is 0.409. The van der Waals surface area contributed by atoms with Gasteiger partial charge < -0.3 is 9.64 Å². The Balaban J connectivity index is 2.04. The molecule has 0 aliphatic carbocycles. The van der Waals surface area contributed by atoms with E-state index in [0.717, 1.165) is 34.7 Å². The number of aromatic nitrogens is 1. The van der Waals surface area contributed by atoms with Crippen molar-refractivity contribution >= 4 is 21.7 Å². The molecule has 0 saturated heterocycles. The van der Waals surface area contributed by atoms with Crippen LogP contribution >= 0.6 is 15.9 Å². The second kappa shape index (κ2) is 6.75. The molecule has 1 aromatic carbocycles. The third-order valence-corrected chi connectivity index (χ3v) is 4.14. The Labute approximate surface area is 128 Å². The number of pyridine rings is 1. The number of likely N-dealkylation sites (N-methyl/N-ethyl adjacent to an activating group) is 1. The summed E-state index contributed by atoms with van der Waals surface area (Å²) in [6.07, 6.45) is 0.928. The molecule has 20 heavy (non-hydrogen) atoms. The first-order chi connectivity index (χ1) is 9.61. The van der Waals surface area contributed by atoms with Gasteiger partial charge in [0.2, 0.25) is 0 Å². The zero-order chi connectivity index (χ0) is 14.5. The van der Waals surface area contributed by atoms with Gasteiger partial charge in [-0.3, -0.25) is 0 Å². The summed E-state index contributed by atoms with van der Waals surface area (Å²) in [6, 6.07) is 12.2. The molecule has 1 aromatic heterocycles. The van der Waals surface area contributed by atoms with E-state index in [4.69, 9.17) is 4.74 Å². The molecule has 2 aromatic rings. The molecule has 0 atom stereocenters. The molecule has 4 heteroatoms. The molecule has 0 amide bonds. The van der Waals surface area contributed by atoms with Crippen LogP contribution in [0.2, 0.25) is 0 Å². The molecular formula is C16H19BrN2O. The minimum absolute atomic E-state index is 0.897. The zero-order valence-corrected chi connectivity index (χ0v) is 13.6. The summed E-state index contributed by atoms with van der Waals surface area (Å²) in [7, 11) is 3.77. The summed E-state index contributed by atoms with van der Waals surface area (Å²) >= 11 is 3.48. The molecule has 0 fully saturated rings. The van der Waals surface area contributed by atoms with Gasteiger partial charge in [-0.2, -0.15) is 0 Å². The number of halogens is 1. The van der Waals surface area contributed by atoms with Gasteiger partial charge in [0.05, 0.1) is 12.8 Å². The molecule has 0 aliphatic rings. The van der Waals surface area contributed by atoms with Gasteiger partial charge in [-0.25, -0.2) is 4.98 Å². The number of para-hydroxylation sites is 1. The Morgan fingerprint density at radius 3 is 2.65 bits per heavy atom. The average molecular weight is 335 g/mol. The highest BCUT2D eigenvalue weighted by molar-refractivity contribution is 9.10. The quantitative estimate of drug-likeness (QED) is 0.830. The maximum absolute atomic E-state index is 5.38. The van der Waals surface area contributed by atoms with E-state index in [0.29, 0.717) is 0 Å². The molecular weight excluding hydrogens is 316 g/mol. The number of rotatable bonds is 5. The van der Waals surface area contributed by atoms with Crippen molar-refractivity contribution in [2.24, 2.45) is 0 Å². The Kier molecular flexibility index (Phi) is 5.01. The SMILES string of the molecule is COc1ccccc1CCN(C)c1ccc(Br)c(C)n1. The number of methoxy groups -OCH3 is 1. The van der Waals surface area contributed by atoms with E-state index >= 15 is 0 Å². The molecule has 1 heterocycles. The molecule has 0 bridgehead atoms. The second-order valence-corrected chi connectivity index (χ2v) is 5.57. The Morgan fingerprint density at radius 1 is 1.20 bits per heavy atom. The first-order valence-corrected chi connectivity index (χ1v) is 7.37. The third-order valence-electron chi connectivity index (χ3n) is 3.31. The van der Waals surface area contributed by atoms with Gasteiger partial charge in [0.1, 0.15) is 11.6 Å². The maximum atomic E-state index is 5.38. The van der Waals surface area contributed by atoms with Crippen LogP contribution in [0.5, 0.6) is 5.75 Å². The van der Waals surface area contributed by atoms with E-state index in [1.165, 1.54) is 5.56 Å². The molecule has 0 unspecified atom stereocenters. The Hall–Kier alpha value is -1.55. The number of aryl methyl sites for hydroxylation is 1. The number of anilines is 1. The Morgan fingerprint density at radius 2 is 1.95 bits per heavy atom. The van der Waals surface area contributed by atoms with Crippen molar-refractivity contribution in [3.8, 4) is 5.75 Å². The van der Waals surface area contributed by atoms with E-state index < -0.39 is 0 Å². The maximum Gasteiger partial charge on any atom is 0.128 e. The van der Waals surface area contributed by atoms with Gasteiger partial charge in [-0.1, -0.05) is 18.2 Å². The minimum atomic E-state index is 0.897. The van der Waals surface area contributed by atoms with E-state index in [9.17, 15) is 0 Å². The fourth-order valence-corrected chi connectivity index (χ4v) is 2.28. The highest BCUT2D eigenvalue weighted by Crippen LogP contribution is 2.21. The monoisotopic (exact) mass is 334 g/mol. The molecule has 3 nitrogen and oxygen atoms in total.